The van der Waals surface area contributed by atoms with Gasteiger partial charge in [-0.15, -0.1) is 11.3 Å². The SMILES string of the molecule is Cc1ccc(OCc2nc(C(=O)N[C@H]3CCCC[C@@H]3NC(=O)c3ccc(Cl)c(Cl)c3)cs2)cc1. The molecule has 0 aliphatic heterocycles. The summed E-state index contributed by atoms with van der Waals surface area (Å²) in [5.74, 6) is 0.266. The Hall–Kier alpha value is -2.61. The molecule has 2 aromatic carbocycles. The molecule has 0 spiro atoms. The van der Waals surface area contributed by atoms with Crippen molar-refractivity contribution in [2.24, 2.45) is 0 Å². The van der Waals surface area contributed by atoms with Crippen molar-refractivity contribution in [3.63, 3.8) is 0 Å². The summed E-state index contributed by atoms with van der Waals surface area (Å²) in [5.41, 5.74) is 1.95. The summed E-state index contributed by atoms with van der Waals surface area (Å²) in [7, 11) is 0. The molecule has 34 heavy (non-hydrogen) atoms. The Labute approximate surface area is 212 Å². The number of ether oxygens (including phenoxy) is 1. The third-order valence-electron chi connectivity index (χ3n) is 5.75. The third kappa shape index (κ3) is 6.29. The van der Waals surface area contributed by atoms with E-state index in [0.29, 0.717) is 27.9 Å². The number of thiazole rings is 1. The summed E-state index contributed by atoms with van der Waals surface area (Å²) in [5, 5.41) is 9.28. The first-order valence-electron chi connectivity index (χ1n) is 11.1. The Morgan fingerprint density at radius 1 is 1.00 bits per heavy atom. The van der Waals surface area contributed by atoms with Crippen molar-refractivity contribution in [2.75, 3.05) is 0 Å². The average Bonchev–Trinajstić information content (AvgIpc) is 3.31. The van der Waals surface area contributed by atoms with Crippen molar-refractivity contribution < 1.29 is 14.3 Å². The maximum atomic E-state index is 12.9. The largest absolute Gasteiger partial charge is 0.486 e. The first kappa shape index (κ1) is 24.5. The lowest BCUT2D eigenvalue weighted by Gasteiger charge is -2.32. The molecule has 3 aromatic rings. The number of carbonyl (C=O) groups is 2. The van der Waals surface area contributed by atoms with Crippen LogP contribution in [0.2, 0.25) is 10.0 Å². The molecule has 1 fully saturated rings. The van der Waals surface area contributed by atoms with Gasteiger partial charge in [0.2, 0.25) is 0 Å². The Bertz CT molecular complexity index is 1170. The summed E-state index contributed by atoms with van der Waals surface area (Å²) >= 11 is 13.4. The molecule has 4 rings (SSSR count). The highest BCUT2D eigenvalue weighted by atomic mass is 35.5. The second-order valence-corrected chi connectivity index (χ2v) is 10.1. The maximum absolute atomic E-state index is 12.9. The number of rotatable bonds is 7. The quantitative estimate of drug-likeness (QED) is 0.414. The molecule has 0 saturated heterocycles. The smallest absolute Gasteiger partial charge is 0.271 e. The van der Waals surface area contributed by atoms with Gasteiger partial charge in [0.1, 0.15) is 23.1 Å². The second-order valence-electron chi connectivity index (χ2n) is 8.30. The number of nitrogens with one attached hydrogen (secondary N) is 2. The summed E-state index contributed by atoms with van der Waals surface area (Å²) < 4.78 is 5.76. The Morgan fingerprint density at radius 2 is 1.68 bits per heavy atom. The highest BCUT2D eigenvalue weighted by molar-refractivity contribution is 7.09. The van der Waals surface area contributed by atoms with Crippen molar-refractivity contribution in [1.29, 1.82) is 0 Å². The van der Waals surface area contributed by atoms with Crippen molar-refractivity contribution in [2.45, 2.75) is 51.3 Å². The van der Waals surface area contributed by atoms with Crippen LogP contribution in [-0.2, 0) is 6.61 Å². The number of carbonyl (C=O) groups excluding carboxylic acids is 2. The second kappa shape index (κ2) is 11.2. The molecule has 1 aliphatic rings. The molecule has 1 heterocycles. The number of nitrogens with zero attached hydrogens (tertiary/aromatic N) is 1. The Kier molecular flexibility index (Phi) is 8.08. The molecule has 6 nitrogen and oxygen atoms in total. The van der Waals surface area contributed by atoms with Crippen molar-refractivity contribution in [1.82, 2.24) is 15.6 Å². The molecule has 0 radical (unpaired) electrons. The molecule has 2 atom stereocenters. The van der Waals surface area contributed by atoms with E-state index in [-0.39, 0.29) is 23.9 Å². The van der Waals surface area contributed by atoms with E-state index in [4.69, 9.17) is 27.9 Å². The van der Waals surface area contributed by atoms with Gasteiger partial charge in [-0.1, -0.05) is 53.7 Å². The molecule has 1 aromatic heterocycles. The van der Waals surface area contributed by atoms with E-state index in [0.717, 1.165) is 42.0 Å². The number of benzene rings is 2. The standard InChI is InChI=1S/C25H25Cl2N3O3S/c1-15-6-9-17(10-7-15)33-13-23-28-22(14-34-23)25(32)30-21-5-3-2-4-20(21)29-24(31)16-8-11-18(26)19(27)12-16/h6-12,14,20-21H,2-5,13H2,1H3,(H,29,31)(H,30,32)/t20-,21-/m0/s1. The van der Waals surface area contributed by atoms with Gasteiger partial charge in [-0.25, -0.2) is 4.98 Å². The minimum atomic E-state index is -0.251. The van der Waals surface area contributed by atoms with E-state index in [1.54, 1.807) is 23.6 Å². The lowest BCUT2D eigenvalue weighted by molar-refractivity contribution is 0.0860. The van der Waals surface area contributed by atoms with Gasteiger partial charge in [0.25, 0.3) is 11.8 Å². The van der Waals surface area contributed by atoms with E-state index in [1.165, 1.54) is 11.3 Å². The number of aryl methyl sites for hydroxylation is 1. The van der Waals surface area contributed by atoms with Gasteiger partial charge in [-0.3, -0.25) is 9.59 Å². The van der Waals surface area contributed by atoms with Crippen LogP contribution in [0.4, 0.5) is 0 Å². The monoisotopic (exact) mass is 517 g/mol. The minimum absolute atomic E-state index is 0.178. The van der Waals surface area contributed by atoms with Crippen LogP contribution in [0.1, 0.15) is 57.1 Å². The highest BCUT2D eigenvalue weighted by Gasteiger charge is 2.29. The summed E-state index contributed by atoms with van der Waals surface area (Å²) in [6, 6.07) is 12.2. The number of hydrogen-bond acceptors (Lipinski definition) is 5. The van der Waals surface area contributed by atoms with Crippen LogP contribution in [-0.4, -0.2) is 28.9 Å². The fraction of sp³-hybridized carbons (Fsp3) is 0.320. The topological polar surface area (TPSA) is 80.3 Å². The van der Waals surface area contributed by atoms with Gasteiger partial charge >= 0.3 is 0 Å². The van der Waals surface area contributed by atoms with Crippen molar-refractivity contribution in [3.8, 4) is 5.75 Å². The first-order chi connectivity index (χ1) is 16.4. The minimum Gasteiger partial charge on any atom is -0.486 e. The molecular weight excluding hydrogens is 493 g/mol. The van der Waals surface area contributed by atoms with Crippen LogP contribution in [0.5, 0.6) is 5.75 Å². The molecular formula is C25H25Cl2N3O3S. The van der Waals surface area contributed by atoms with Crippen molar-refractivity contribution >= 4 is 46.4 Å². The maximum Gasteiger partial charge on any atom is 0.271 e. The number of hydrogen-bond donors (Lipinski definition) is 2. The van der Waals surface area contributed by atoms with Gasteiger partial charge in [0, 0.05) is 23.0 Å². The normalized spacial score (nSPS) is 17.7. The molecule has 1 aliphatic carbocycles. The third-order valence-corrected chi connectivity index (χ3v) is 7.31. The molecule has 0 bridgehead atoms. The van der Waals surface area contributed by atoms with Gasteiger partial charge in [0.15, 0.2) is 0 Å². The van der Waals surface area contributed by atoms with Crippen LogP contribution < -0.4 is 15.4 Å². The lowest BCUT2D eigenvalue weighted by atomic mass is 9.90. The van der Waals surface area contributed by atoms with E-state index in [2.05, 4.69) is 15.6 Å². The average molecular weight is 518 g/mol. The summed E-state index contributed by atoms with van der Waals surface area (Å²) in [4.78, 5) is 30.0. The summed E-state index contributed by atoms with van der Waals surface area (Å²) in [6.07, 6.45) is 3.53. The van der Waals surface area contributed by atoms with E-state index >= 15 is 0 Å². The predicted octanol–water partition coefficient (Wildman–Crippen LogP) is 5.81. The predicted molar refractivity (Wildman–Crippen MR) is 135 cm³/mol. The zero-order valence-electron chi connectivity index (χ0n) is 18.6. The fourth-order valence-electron chi connectivity index (χ4n) is 3.87. The summed E-state index contributed by atoms with van der Waals surface area (Å²) in [6.45, 7) is 2.32. The van der Waals surface area contributed by atoms with Crippen molar-refractivity contribution in [3.05, 3.63) is 79.7 Å². The van der Waals surface area contributed by atoms with Crippen LogP contribution in [0.3, 0.4) is 0 Å². The van der Waals surface area contributed by atoms with Gasteiger partial charge in [0.05, 0.1) is 10.0 Å². The van der Waals surface area contributed by atoms with E-state index < -0.39 is 0 Å². The lowest BCUT2D eigenvalue weighted by Crippen LogP contribution is -2.53. The van der Waals surface area contributed by atoms with Crippen LogP contribution in [0.25, 0.3) is 0 Å². The molecule has 178 valence electrons. The Morgan fingerprint density at radius 3 is 2.35 bits per heavy atom. The van der Waals surface area contributed by atoms with E-state index in [9.17, 15) is 9.59 Å². The molecule has 2 amide bonds. The number of aromatic nitrogens is 1. The number of halogens is 2. The fourth-order valence-corrected chi connectivity index (χ4v) is 4.85. The van der Waals surface area contributed by atoms with Crippen LogP contribution in [0.15, 0.2) is 47.8 Å². The van der Waals surface area contributed by atoms with Gasteiger partial charge in [-0.05, 0) is 50.1 Å². The van der Waals surface area contributed by atoms with E-state index in [1.807, 2.05) is 31.2 Å². The highest BCUT2D eigenvalue weighted by Crippen LogP contribution is 2.24. The van der Waals surface area contributed by atoms with Gasteiger partial charge < -0.3 is 15.4 Å². The molecule has 0 unspecified atom stereocenters. The first-order valence-corrected chi connectivity index (χ1v) is 12.7. The number of amides is 2. The molecule has 9 heteroatoms. The van der Waals surface area contributed by atoms with Crippen LogP contribution in [0, 0.1) is 6.92 Å². The zero-order chi connectivity index (χ0) is 24.1. The zero-order valence-corrected chi connectivity index (χ0v) is 21.0. The van der Waals surface area contributed by atoms with Gasteiger partial charge in [-0.2, -0.15) is 0 Å². The molecule has 1 saturated carbocycles. The van der Waals surface area contributed by atoms with Crippen LogP contribution >= 0.6 is 34.5 Å². The molecule has 2 N–H and O–H groups in total. The Balaban J connectivity index is 1.34.